The standard InChI is InChI=1S/C11H14Cl2N2O3S/c12-8-1-2-9(10(13)11(8)14)19(16,17)15-7-3-5-18-6-4-7/h1-2,7,15H,3-6,14H2. The number of rotatable bonds is 3. The van der Waals surface area contributed by atoms with E-state index < -0.39 is 10.0 Å². The van der Waals surface area contributed by atoms with Crippen molar-refractivity contribution in [1.29, 1.82) is 0 Å². The summed E-state index contributed by atoms with van der Waals surface area (Å²) in [4.78, 5) is -0.0532. The van der Waals surface area contributed by atoms with Crippen molar-refractivity contribution in [1.82, 2.24) is 4.72 Å². The van der Waals surface area contributed by atoms with Crippen LogP contribution in [0.2, 0.25) is 10.0 Å². The first kappa shape index (κ1) is 14.9. The molecule has 1 fully saturated rings. The Bertz CT molecular complexity index is 572. The molecule has 1 heterocycles. The van der Waals surface area contributed by atoms with Crippen LogP contribution in [0, 0.1) is 0 Å². The van der Waals surface area contributed by atoms with Gasteiger partial charge in [-0.2, -0.15) is 0 Å². The third kappa shape index (κ3) is 3.32. The molecule has 1 aromatic carbocycles. The van der Waals surface area contributed by atoms with Gasteiger partial charge in [-0.3, -0.25) is 0 Å². The minimum Gasteiger partial charge on any atom is -0.396 e. The summed E-state index contributed by atoms with van der Waals surface area (Å²) in [5.74, 6) is 0. The smallest absolute Gasteiger partial charge is 0.242 e. The van der Waals surface area contributed by atoms with E-state index in [-0.39, 0.29) is 26.7 Å². The maximum Gasteiger partial charge on any atom is 0.242 e. The molecule has 0 bridgehead atoms. The predicted octanol–water partition coefficient (Wildman–Crippen LogP) is 2.03. The van der Waals surface area contributed by atoms with Crippen molar-refractivity contribution >= 4 is 38.9 Å². The summed E-state index contributed by atoms with van der Waals surface area (Å²) in [6.07, 6.45) is 1.28. The van der Waals surface area contributed by atoms with Crippen LogP contribution in [0.3, 0.4) is 0 Å². The van der Waals surface area contributed by atoms with E-state index in [1.165, 1.54) is 12.1 Å². The summed E-state index contributed by atoms with van der Waals surface area (Å²) < 4.78 is 32.3. The predicted molar refractivity (Wildman–Crippen MR) is 75.0 cm³/mol. The van der Waals surface area contributed by atoms with Crippen molar-refractivity contribution in [2.24, 2.45) is 0 Å². The van der Waals surface area contributed by atoms with Gasteiger partial charge in [-0.05, 0) is 25.0 Å². The van der Waals surface area contributed by atoms with Gasteiger partial charge in [0.25, 0.3) is 0 Å². The van der Waals surface area contributed by atoms with Gasteiger partial charge in [-0.1, -0.05) is 23.2 Å². The Hall–Kier alpha value is -0.530. The van der Waals surface area contributed by atoms with E-state index in [1.807, 2.05) is 0 Å². The lowest BCUT2D eigenvalue weighted by atomic mass is 10.1. The zero-order valence-corrected chi connectivity index (χ0v) is 12.4. The molecule has 2 rings (SSSR count). The molecule has 1 saturated heterocycles. The van der Waals surface area contributed by atoms with Crippen LogP contribution >= 0.6 is 23.2 Å². The second-order valence-corrected chi connectivity index (χ2v) is 6.75. The number of halogens is 2. The van der Waals surface area contributed by atoms with Gasteiger partial charge in [0.1, 0.15) is 4.90 Å². The van der Waals surface area contributed by atoms with E-state index >= 15 is 0 Å². The van der Waals surface area contributed by atoms with Crippen LogP contribution in [0.25, 0.3) is 0 Å². The lowest BCUT2D eigenvalue weighted by Crippen LogP contribution is -2.38. The third-order valence-corrected chi connectivity index (χ3v) is 5.34. The fourth-order valence-corrected chi connectivity index (χ4v) is 3.93. The van der Waals surface area contributed by atoms with Crippen molar-refractivity contribution < 1.29 is 13.2 Å². The van der Waals surface area contributed by atoms with Crippen LogP contribution in [0.1, 0.15) is 12.8 Å². The molecule has 0 unspecified atom stereocenters. The summed E-state index contributed by atoms with van der Waals surface area (Å²) in [7, 11) is -3.71. The molecule has 3 N–H and O–H groups in total. The number of hydrogen-bond donors (Lipinski definition) is 2. The fourth-order valence-electron chi connectivity index (χ4n) is 1.86. The molecular weight excluding hydrogens is 311 g/mol. The Morgan fingerprint density at radius 2 is 1.89 bits per heavy atom. The lowest BCUT2D eigenvalue weighted by Gasteiger charge is -2.23. The molecule has 8 heteroatoms. The van der Waals surface area contributed by atoms with Crippen LogP contribution in [-0.2, 0) is 14.8 Å². The van der Waals surface area contributed by atoms with Gasteiger partial charge in [0, 0.05) is 19.3 Å². The highest BCUT2D eigenvalue weighted by atomic mass is 35.5. The van der Waals surface area contributed by atoms with Crippen molar-refractivity contribution in [3.8, 4) is 0 Å². The topological polar surface area (TPSA) is 81.4 Å². The van der Waals surface area contributed by atoms with Gasteiger partial charge in [0.05, 0.1) is 15.7 Å². The molecule has 0 atom stereocenters. The Morgan fingerprint density at radius 3 is 2.53 bits per heavy atom. The second kappa shape index (κ2) is 5.85. The zero-order chi connectivity index (χ0) is 14.0. The number of nitrogen functional groups attached to an aromatic ring is 1. The minimum absolute atomic E-state index is 0.0490. The van der Waals surface area contributed by atoms with Gasteiger partial charge in [0.15, 0.2) is 0 Å². The number of benzene rings is 1. The van der Waals surface area contributed by atoms with E-state index in [0.717, 1.165) is 0 Å². The van der Waals surface area contributed by atoms with Crippen LogP contribution in [0.5, 0.6) is 0 Å². The van der Waals surface area contributed by atoms with Gasteiger partial charge in [-0.25, -0.2) is 13.1 Å². The molecule has 0 amide bonds. The molecular formula is C11H14Cl2N2O3S. The molecule has 19 heavy (non-hydrogen) atoms. The Balaban J connectivity index is 2.26. The number of nitrogens with one attached hydrogen (secondary N) is 1. The summed E-state index contributed by atoms with van der Waals surface area (Å²) in [6, 6.07) is 2.62. The number of ether oxygens (including phenoxy) is 1. The lowest BCUT2D eigenvalue weighted by molar-refractivity contribution is 0.0832. The summed E-state index contributed by atoms with van der Waals surface area (Å²) >= 11 is 11.7. The summed E-state index contributed by atoms with van der Waals surface area (Å²) in [6.45, 7) is 1.09. The van der Waals surface area contributed by atoms with Crippen molar-refractivity contribution in [2.75, 3.05) is 18.9 Å². The van der Waals surface area contributed by atoms with Gasteiger partial charge in [-0.15, -0.1) is 0 Å². The maximum absolute atomic E-state index is 12.2. The van der Waals surface area contributed by atoms with E-state index in [9.17, 15) is 8.42 Å². The van der Waals surface area contributed by atoms with Crippen LogP contribution < -0.4 is 10.5 Å². The van der Waals surface area contributed by atoms with Crippen LogP contribution in [0.4, 0.5) is 5.69 Å². The monoisotopic (exact) mass is 324 g/mol. The molecule has 0 saturated carbocycles. The fraction of sp³-hybridized carbons (Fsp3) is 0.455. The molecule has 5 nitrogen and oxygen atoms in total. The summed E-state index contributed by atoms with van der Waals surface area (Å²) in [5.41, 5.74) is 5.70. The van der Waals surface area contributed by atoms with E-state index in [2.05, 4.69) is 4.72 Å². The van der Waals surface area contributed by atoms with E-state index in [4.69, 9.17) is 33.7 Å². The molecule has 0 radical (unpaired) electrons. The molecule has 0 spiro atoms. The first-order chi connectivity index (χ1) is 8.92. The second-order valence-electron chi connectivity index (χ2n) is 4.28. The largest absolute Gasteiger partial charge is 0.396 e. The number of anilines is 1. The minimum atomic E-state index is -3.71. The molecule has 106 valence electrons. The van der Waals surface area contributed by atoms with E-state index in [1.54, 1.807) is 0 Å². The van der Waals surface area contributed by atoms with Crippen molar-refractivity contribution in [3.05, 3.63) is 22.2 Å². The first-order valence-corrected chi connectivity index (χ1v) is 7.99. The van der Waals surface area contributed by atoms with Crippen LogP contribution in [0.15, 0.2) is 17.0 Å². The summed E-state index contributed by atoms with van der Waals surface area (Å²) in [5, 5.41) is 0.182. The first-order valence-electron chi connectivity index (χ1n) is 5.75. The van der Waals surface area contributed by atoms with E-state index in [0.29, 0.717) is 26.1 Å². The van der Waals surface area contributed by atoms with Gasteiger partial charge < -0.3 is 10.5 Å². The third-order valence-electron chi connectivity index (χ3n) is 2.92. The highest BCUT2D eigenvalue weighted by Gasteiger charge is 2.25. The Morgan fingerprint density at radius 1 is 1.26 bits per heavy atom. The Kier molecular flexibility index (Phi) is 4.58. The SMILES string of the molecule is Nc1c(Cl)ccc(S(=O)(=O)NC2CCOCC2)c1Cl. The normalized spacial score (nSPS) is 17.6. The molecule has 1 aliphatic rings. The molecule has 0 aromatic heterocycles. The number of sulfonamides is 1. The quantitative estimate of drug-likeness (QED) is 0.833. The van der Waals surface area contributed by atoms with Crippen LogP contribution in [-0.4, -0.2) is 27.7 Å². The highest BCUT2D eigenvalue weighted by Crippen LogP contribution is 2.33. The highest BCUT2D eigenvalue weighted by molar-refractivity contribution is 7.89. The number of nitrogens with two attached hydrogens (primary N) is 1. The van der Waals surface area contributed by atoms with Crippen molar-refractivity contribution in [3.63, 3.8) is 0 Å². The molecule has 1 aliphatic heterocycles. The van der Waals surface area contributed by atoms with Crippen molar-refractivity contribution in [2.45, 2.75) is 23.8 Å². The van der Waals surface area contributed by atoms with Gasteiger partial charge >= 0.3 is 0 Å². The molecule has 1 aromatic rings. The average molecular weight is 325 g/mol. The number of hydrogen-bond acceptors (Lipinski definition) is 4. The van der Waals surface area contributed by atoms with Gasteiger partial charge in [0.2, 0.25) is 10.0 Å². The zero-order valence-electron chi connectivity index (χ0n) is 10.0. The maximum atomic E-state index is 12.2. The Labute approximate surface area is 122 Å². The average Bonchev–Trinajstić information content (AvgIpc) is 2.36. The molecule has 0 aliphatic carbocycles.